The summed E-state index contributed by atoms with van der Waals surface area (Å²) < 4.78 is 5.45. The Balaban J connectivity index is 2.15. The van der Waals surface area contributed by atoms with Crippen LogP contribution in [0.5, 0.6) is 5.75 Å². The Hall–Kier alpha value is -1.02. The predicted molar refractivity (Wildman–Crippen MR) is 67.1 cm³/mol. The van der Waals surface area contributed by atoms with Gasteiger partial charge in [-0.05, 0) is 60.7 Å². The second-order valence-electron chi connectivity index (χ2n) is 4.97. The summed E-state index contributed by atoms with van der Waals surface area (Å²) in [7, 11) is 1.63. The third-order valence-electron chi connectivity index (χ3n) is 3.65. The third kappa shape index (κ3) is 1.95. The van der Waals surface area contributed by atoms with Crippen LogP contribution in [0.4, 0.5) is 0 Å². The molecule has 1 aromatic carbocycles. The number of hydrogen-bond acceptors (Lipinski definition) is 2. The van der Waals surface area contributed by atoms with E-state index < -0.39 is 5.24 Å². The van der Waals surface area contributed by atoms with Gasteiger partial charge in [-0.3, -0.25) is 4.79 Å². The summed E-state index contributed by atoms with van der Waals surface area (Å²) in [5.41, 5.74) is 3.15. The van der Waals surface area contributed by atoms with Gasteiger partial charge in [-0.15, -0.1) is 0 Å². The minimum Gasteiger partial charge on any atom is -0.496 e. The van der Waals surface area contributed by atoms with Crippen LogP contribution in [-0.4, -0.2) is 12.4 Å². The zero-order chi connectivity index (χ0) is 12.0. The summed E-state index contributed by atoms with van der Waals surface area (Å²) in [4.78, 5) is 11.4. The second-order valence-corrected chi connectivity index (χ2v) is 5.31. The third-order valence-corrected chi connectivity index (χ3v) is 3.85. The minimum atomic E-state index is -0.425. The van der Waals surface area contributed by atoms with Gasteiger partial charge in [0, 0.05) is 5.56 Å². The molecule has 2 aliphatic rings. The first-order valence-electron chi connectivity index (χ1n) is 6.13. The van der Waals surface area contributed by atoms with Crippen molar-refractivity contribution < 1.29 is 9.53 Å². The predicted octanol–water partition coefficient (Wildman–Crippen LogP) is 3.83. The van der Waals surface area contributed by atoms with Crippen LogP contribution >= 0.6 is 11.6 Å². The van der Waals surface area contributed by atoms with E-state index in [1.165, 1.54) is 36.8 Å². The van der Waals surface area contributed by atoms with Gasteiger partial charge < -0.3 is 4.74 Å². The molecule has 0 saturated heterocycles. The molecule has 0 unspecified atom stereocenters. The lowest BCUT2D eigenvalue weighted by atomic mass is 9.95. The summed E-state index contributed by atoms with van der Waals surface area (Å²) in [5, 5.41) is -0.425. The Morgan fingerprint density at radius 1 is 1.24 bits per heavy atom. The number of methoxy groups -OCH3 is 1. The topological polar surface area (TPSA) is 26.3 Å². The highest BCUT2D eigenvalue weighted by Gasteiger charge is 2.36. The van der Waals surface area contributed by atoms with E-state index in [9.17, 15) is 4.79 Å². The first-order valence-corrected chi connectivity index (χ1v) is 6.50. The fourth-order valence-electron chi connectivity index (χ4n) is 2.53. The van der Waals surface area contributed by atoms with Crippen LogP contribution in [0.1, 0.15) is 59.0 Å². The van der Waals surface area contributed by atoms with Crippen molar-refractivity contribution in [2.45, 2.75) is 37.5 Å². The number of rotatable bonds is 4. The Kier molecular flexibility index (Phi) is 2.62. The summed E-state index contributed by atoms with van der Waals surface area (Å²) in [6.45, 7) is 0. The van der Waals surface area contributed by atoms with Gasteiger partial charge in [-0.1, -0.05) is 6.07 Å². The van der Waals surface area contributed by atoms with E-state index in [-0.39, 0.29) is 0 Å². The minimum absolute atomic E-state index is 0.425. The van der Waals surface area contributed by atoms with E-state index >= 15 is 0 Å². The number of benzene rings is 1. The quantitative estimate of drug-likeness (QED) is 0.759. The van der Waals surface area contributed by atoms with Gasteiger partial charge in [0.1, 0.15) is 5.75 Å². The van der Waals surface area contributed by atoms with Gasteiger partial charge in [0.05, 0.1) is 12.7 Å². The highest BCUT2D eigenvalue weighted by atomic mass is 35.5. The number of carbonyl (C=O) groups excluding carboxylic acids is 1. The average Bonchev–Trinajstić information content (AvgIpc) is 3.18. The van der Waals surface area contributed by atoms with Crippen molar-refractivity contribution in [2.24, 2.45) is 0 Å². The highest BCUT2D eigenvalue weighted by molar-refractivity contribution is 6.68. The van der Waals surface area contributed by atoms with Crippen LogP contribution in [0, 0.1) is 0 Å². The molecule has 17 heavy (non-hydrogen) atoms. The molecule has 2 aliphatic carbocycles. The molecular weight excluding hydrogens is 236 g/mol. The molecule has 0 heterocycles. The number of ether oxygens (including phenoxy) is 1. The van der Waals surface area contributed by atoms with Crippen molar-refractivity contribution in [3.63, 3.8) is 0 Å². The van der Waals surface area contributed by atoms with E-state index in [2.05, 4.69) is 6.07 Å². The summed E-state index contributed by atoms with van der Waals surface area (Å²) in [6, 6.07) is 3.89. The lowest BCUT2D eigenvalue weighted by molar-refractivity contribution is 0.107. The smallest absolute Gasteiger partial charge is 0.256 e. The molecule has 0 N–H and O–H groups in total. The van der Waals surface area contributed by atoms with Crippen molar-refractivity contribution in [2.75, 3.05) is 7.11 Å². The number of hydrogen-bond donors (Lipinski definition) is 0. The maximum atomic E-state index is 11.4. The van der Waals surface area contributed by atoms with Crippen molar-refractivity contribution in [1.29, 1.82) is 0 Å². The molecule has 1 aromatic rings. The Morgan fingerprint density at radius 3 is 2.35 bits per heavy atom. The van der Waals surface area contributed by atoms with Crippen LogP contribution in [0.2, 0.25) is 0 Å². The van der Waals surface area contributed by atoms with Gasteiger partial charge in [-0.25, -0.2) is 0 Å². The van der Waals surface area contributed by atoms with Crippen LogP contribution in [0.3, 0.4) is 0 Å². The molecule has 2 fully saturated rings. The SMILES string of the molecule is COc1c(C(=O)Cl)ccc(C2CC2)c1C1CC1. The van der Waals surface area contributed by atoms with E-state index in [1.807, 2.05) is 6.07 Å². The zero-order valence-corrected chi connectivity index (χ0v) is 10.6. The standard InChI is InChI=1S/C14H15ClO2/c1-17-13-11(14(15)16)7-6-10(8-2-3-8)12(13)9-4-5-9/h6-9H,2-5H2,1H3. The normalized spacial score (nSPS) is 19.2. The van der Waals surface area contributed by atoms with Gasteiger partial charge in [-0.2, -0.15) is 0 Å². The second kappa shape index (κ2) is 4.02. The molecule has 0 amide bonds. The molecule has 2 nitrogen and oxygen atoms in total. The largest absolute Gasteiger partial charge is 0.496 e. The first kappa shape index (κ1) is 11.1. The average molecular weight is 251 g/mol. The van der Waals surface area contributed by atoms with Gasteiger partial charge in [0.15, 0.2) is 0 Å². The molecule has 2 saturated carbocycles. The van der Waals surface area contributed by atoms with Crippen LogP contribution < -0.4 is 4.74 Å². The summed E-state index contributed by atoms with van der Waals surface area (Å²) in [5.74, 6) is 1.98. The van der Waals surface area contributed by atoms with Crippen molar-refractivity contribution in [3.8, 4) is 5.75 Å². The number of carbonyl (C=O) groups is 1. The van der Waals surface area contributed by atoms with E-state index in [0.29, 0.717) is 17.4 Å². The summed E-state index contributed by atoms with van der Waals surface area (Å²) in [6.07, 6.45) is 4.93. The summed E-state index contributed by atoms with van der Waals surface area (Å²) >= 11 is 5.61. The van der Waals surface area contributed by atoms with Gasteiger partial charge >= 0.3 is 0 Å². The van der Waals surface area contributed by atoms with E-state index in [0.717, 1.165) is 5.75 Å². The van der Waals surface area contributed by atoms with Gasteiger partial charge in [0.25, 0.3) is 5.24 Å². The molecule has 0 aromatic heterocycles. The molecule has 3 rings (SSSR count). The van der Waals surface area contributed by atoms with Crippen LogP contribution in [0.15, 0.2) is 12.1 Å². The van der Waals surface area contributed by atoms with E-state index in [4.69, 9.17) is 16.3 Å². The Morgan fingerprint density at radius 2 is 1.88 bits per heavy atom. The molecule has 0 spiro atoms. The molecular formula is C14H15ClO2. The van der Waals surface area contributed by atoms with Crippen LogP contribution in [-0.2, 0) is 0 Å². The zero-order valence-electron chi connectivity index (χ0n) is 9.83. The maximum Gasteiger partial charge on any atom is 0.256 e. The molecule has 90 valence electrons. The number of halogens is 1. The molecule has 0 atom stereocenters. The lowest BCUT2D eigenvalue weighted by Crippen LogP contribution is -2.02. The van der Waals surface area contributed by atoms with E-state index in [1.54, 1.807) is 7.11 Å². The Bertz CT molecular complexity index is 473. The highest BCUT2D eigenvalue weighted by Crippen LogP contribution is 2.53. The monoisotopic (exact) mass is 250 g/mol. The first-order chi connectivity index (χ1) is 8.22. The fourth-order valence-corrected chi connectivity index (χ4v) is 2.68. The van der Waals surface area contributed by atoms with Gasteiger partial charge in [0.2, 0.25) is 0 Å². The molecule has 0 bridgehead atoms. The molecule has 3 heteroatoms. The maximum absolute atomic E-state index is 11.4. The van der Waals surface area contributed by atoms with Crippen molar-refractivity contribution >= 4 is 16.8 Å². The van der Waals surface area contributed by atoms with Crippen LogP contribution in [0.25, 0.3) is 0 Å². The van der Waals surface area contributed by atoms with Crippen molar-refractivity contribution in [3.05, 3.63) is 28.8 Å². The fraction of sp³-hybridized carbons (Fsp3) is 0.500. The lowest BCUT2D eigenvalue weighted by Gasteiger charge is -2.15. The van der Waals surface area contributed by atoms with Crippen molar-refractivity contribution in [1.82, 2.24) is 0 Å². The Labute approximate surface area is 106 Å². The molecule has 0 radical (unpaired) electrons. The molecule has 0 aliphatic heterocycles.